The Morgan fingerprint density at radius 2 is 1.05 bits per heavy atom. The maximum absolute atomic E-state index is 6.29. The van der Waals surface area contributed by atoms with E-state index in [2.05, 4.69) is 127 Å². The van der Waals surface area contributed by atoms with Gasteiger partial charge in [-0.05, 0) is 75.5 Å². The van der Waals surface area contributed by atoms with Gasteiger partial charge in [-0.2, -0.15) is 0 Å². The summed E-state index contributed by atoms with van der Waals surface area (Å²) >= 11 is 1.79. The summed E-state index contributed by atoms with van der Waals surface area (Å²) in [6.45, 7) is 0. The van der Waals surface area contributed by atoms with Crippen LogP contribution in [0.5, 0.6) is 0 Å². The van der Waals surface area contributed by atoms with Crippen molar-refractivity contribution in [3.05, 3.63) is 164 Å². The summed E-state index contributed by atoms with van der Waals surface area (Å²) in [6.07, 6.45) is 0. The van der Waals surface area contributed by atoms with Crippen molar-refractivity contribution in [3.8, 4) is 56.4 Å². The third-order valence-electron chi connectivity index (χ3n) is 10.6. The fourth-order valence-corrected chi connectivity index (χ4v) is 9.25. The molecule has 3 aromatic heterocycles. The Hall–Kier alpha value is -7.35. The first-order valence-electron chi connectivity index (χ1n) is 18.4. The Labute approximate surface area is 325 Å². The number of hydrogen-bond donors (Lipinski definition) is 2. The van der Waals surface area contributed by atoms with Gasteiger partial charge in [-0.1, -0.05) is 121 Å². The molecule has 0 bridgehead atoms. The highest BCUT2D eigenvalue weighted by atomic mass is 32.1. The molecule has 7 heteroatoms. The van der Waals surface area contributed by atoms with Crippen molar-refractivity contribution in [2.45, 2.75) is 0 Å². The van der Waals surface area contributed by atoms with Gasteiger partial charge in [0.25, 0.3) is 0 Å². The number of para-hydroxylation sites is 1. The SMILES string of the molecule is Nc1cc(N)cc(-c2nc(-c3ccc(-c4cccc5cc6oc7ccccc7c6cc45)cc3)nc(-c3cccc4sc5c(-c6ccccc6)cccc5c34)n2)c1. The van der Waals surface area contributed by atoms with Crippen LogP contribution in [0.2, 0.25) is 0 Å². The highest BCUT2D eigenvalue weighted by Gasteiger charge is 2.19. The first-order valence-corrected chi connectivity index (χ1v) is 19.2. The third-order valence-corrected chi connectivity index (χ3v) is 11.8. The first kappa shape index (κ1) is 32.1. The number of aromatic nitrogens is 3. The number of rotatable bonds is 5. The maximum atomic E-state index is 6.29. The van der Waals surface area contributed by atoms with Crippen LogP contribution in [0.1, 0.15) is 0 Å². The molecule has 0 aliphatic rings. The molecule has 0 spiro atoms. The van der Waals surface area contributed by atoms with Crippen molar-refractivity contribution in [1.29, 1.82) is 0 Å². The van der Waals surface area contributed by atoms with Gasteiger partial charge in [-0.3, -0.25) is 0 Å². The van der Waals surface area contributed by atoms with Crippen LogP contribution < -0.4 is 11.5 Å². The molecule has 0 saturated heterocycles. The molecule has 8 aromatic carbocycles. The van der Waals surface area contributed by atoms with E-state index in [4.69, 9.17) is 30.8 Å². The fraction of sp³-hybridized carbons (Fsp3) is 0. The van der Waals surface area contributed by atoms with Crippen molar-refractivity contribution >= 4 is 75.6 Å². The number of hydrogen-bond acceptors (Lipinski definition) is 7. The van der Waals surface area contributed by atoms with Gasteiger partial charge >= 0.3 is 0 Å². The Bertz CT molecular complexity index is 3310. The highest BCUT2D eigenvalue weighted by Crippen LogP contribution is 2.44. The Kier molecular flexibility index (Phi) is 7.24. The molecule has 0 atom stereocenters. The van der Waals surface area contributed by atoms with E-state index in [1.165, 1.54) is 21.2 Å². The van der Waals surface area contributed by atoms with Crippen LogP contribution in [0.15, 0.2) is 168 Å². The number of thiophene rings is 1. The largest absolute Gasteiger partial charge is 0.456 e. The Morgan fingerprint density at radius 1 is 0.411 bits per heavy atom. The van der Waals surface area contributed by atoms with Gasteiger partial charge in [0.2, 0.25) is 0 Å². The summed E-state index contributed by atoms with van der Waals surface area (Å²) in [6, 6.07) is 56.3. The van der Waals surface area contributed by atoms with Crippen LogP contribution in [0, 0.1) is 0 Å². The van der Waals surface area contributed by atoms with Crippen LogP contribution in [0.4, 0.5) is 11.4 Å². The lowest BCUT2D eigenvalue weighted by molar-refractivity contribution is 0.669. The highest BCUT2D eigenvalue weighted by molar-refractivity contribution is 7.26. The molecule has 0 radical (unpaired) electrons. The number of nitrogens with two attached hydrogens (primary N) is 2. The normalized spacial score (nSPS) is 11.7. The van der Waals surface area contributed by atoms with E-state index < -0.39 is 0 Å². The average molecular weight is 738 g/mol. The molecule has 6 nitrogen and oxygen atoms in total. The number of nitrogen functional groups attached to an aromatic ring is 2. The Morgan fingerprint density at radius 3 is 1.89 bits per heavy atom. The van der Waals surface area contributed by atoms with E-state index in [0.29, 0.717) is 28.8 Å². The van der Waals surface area contributed by atoms with Crippen LogP contribution in [0.3, 0.4) is 0 Å². The van der Waals surface area contributed by atoms with Gasteiger partial charge in [0.15, 0.2) is 17.5 Å². The topological polar surface area (TPSA) is 104 Å². The molecule has 11 rings (SSSR count). The van der Waals surface area contributed by atoms with Gasteiger partial charge in [-0.15, -0.1) is 11.3 Å². The zero-order valence-corrected chi connectivity index (χ0v) is 30.7. The van der Waals surface area contributed by atoms with Gasteiger partial charge in [0.1, 0.15) is 11.2 Å². The van der Waals surface area contributed by atoms with E-state index in [0.717, 1.165) is 70.6 Å². The smallest absolute Gasteiger partial charge is 0.164 e. The van der Waals surface area contributed by atoms with Gasteiger partial charge in [0.05, 0.1) is 0 Å². The van der Waals surface area contributed by atoms with Crippen LogP contribution in [-0.2, 0) is 0 Å². The van der Waals surface area contributed by atoms with E-state index in [9.17, 15) is 0 Å². The molecule has 0 fully saturated rings. The predicted octanol–water partition coefficient (Wildman–Crippen LogP) is 12.8. The first-order chi connectivity index (χ1) is 27.5. The minimum atomic E-state index is 0.500. The summed E-state index contributed by atoms with van der Waals surface area (Å²) < 4.78 is 8.59. The van der Waals surface area contributed by atoms with Crippen LogP contribution in [0.25, 0.3) is 109 Å². The second-order valence-electron chi connectivity index (χ2n) is 14.1. The molecular weight excluding hydrogens is 707 g/mol. The molecule has 0 amide bonds. The minimum absolute atomic E-state index is 0.500. The summed E-state index contributed by atoms with van der Waals surface area (Å²) in [5.41, 5.74) is 22.6. The number of anilines is 2. The molecule has 11 aromatic rings. The number of furan rings is 1. The quantitative estimate of drug-likeness (QED) is 0.170. The number of fused-ring (bicyclic) bond motifs is 7. The molecule has 56 heavy (non-hydrogen) atoms. The van der Waals surface area contributed by atoms with E-state index in [1.54, 1.807) is 17.4 Å². The van der Waals surface area contributed by atoms with Gasteiger partial charge in [-0.25, -0.2) is 15.0 Å². The standard InChI is InChI=1S/C49H31N5OS/c50-33-23-32(24-34(51)26-33)48-52-47(53-49(54-48)39-16-8-18-44-45(39)38-15-7-14-36(46(38)56-44)28-9-2-1-3-10-28)30-21-19-29(20-22-30)35-13-6-11-31-25-43-41(27-40(31)35)37-12-4-5-17-42(37)55-43/h1-27H,50-51H2. The second-order valence-corrected chi connectivity index (χ2v) is 15.1. The lowest BCUT2D eigenvalue weighted by Crippen LogP contribution is -2.01. The van der Waals surface area contributed by atoms with E-state index >= 15 is 0 Å². The zero-order valence-electron chi connectivity index (χ0n) is 29.9. The van der Waals surface area contributed by atoms with Crippen LogP contribution >= 0.6 is 11.3 Å². The van der Waals surface area contributed by atoms with Crippen molar-refractivity contribution in [1.82, 2.24) is 15.0 Å². The lowest BCUT2D eigenvalue weighted by atomic mass is 9.96. The monoisotopic (exact) mass is 737 g/mol. The zero-order chi connectivity index (χ0) is 37.3. The van der Waals surface area contributed by atoms with Crippen molar-refractivity contribution in [2.24, 2.45) is 0 Å². The third kappa shape index (κ3) is 5.28. The van der Waals surface area contributed by atoms with E-state index in [-0.39, 0.29) is 0 Å². The summed E-state index contributed by atoms with van der Waals surface area (Å²) in [4.78, 5) is 15.3. The molecule has 264 valence electrons. The Balaban J connectivity index is 1.07. The summed E-state index contributed by atoms with van der Waals surface area (Å²) in [5, 5.41) is 6.78. The van der Waals surface area contributed by atoms with E-state index in [1.807, 2.05) is 30.3 Å². The lowest BCUT2D eigenvalue weighted by Gasteiger charge is -2.11. The minimum Gasteiger partial charge on any atom is -0.456 e. The summed E-state index contributed by atoms with van der Waals surface area (Å²) in [7, 11) is 0. The average Bonchev–Trinajstić information content (AvgIpc) is 3.80. The van der Waals surface area contributed by atoms with Gasteiger partial charge in [0, 0.05) is 59.0 Å². The van der Waals surface area contributed by atoms with Crippen LogP contribution in [-0.4, -0.2) is 15.0 Å². The fourth-order valence-electron chi connectivity index (χ4n) is 7.99. The molecular formula is C49H31N5OS. The van der Waals surface area contributed by atoms with Crippen molar-refractivity contribution in [3.63, 3.8) is 0 Å². The number of nitrogens with zero attached hydrogens (tertiary/aromatic N) is 3. The number of benzene rings is 8. The molecule has 0 aliphatic carbocycles. The maximum Gasteiger partial charge on any atom is 0.164 e. The molecule has 0 unspecified atom stereocenters. The molecule has 3 heterocycles. The molecule has 4 N–H and O–H groups in total. The van der Waals surface area contributed by atoms with Crippen molar-refractivity contribution < 1.29 is 4.42 Å². The predicted molar refractivity (Wildman–Crippen MR) is 234 cm³/mol. The van der Waals surface area contributed by atoms with Crippen molar-refractivity contribution in [2.75, 3.05) is 11.5 Å². The molecule has 0 aliphatic heterocycles. The van der Waals surface area contributed by atoms with Gasteiger partial charge < -0.3 is 15.9 Å². The second kappa shape index (κ2) is 12.6. The summed E-state index contributed by atoms with van der Waals surface area (Å²) in [5.74, 6) is 1.64. The molecule has 0 saturated carbocycles.